The van der Waals surface area contributed by atoms with Gasteiger partial charge in [-0.1, -0.05) is 18.2 Å². The van der Waals surface area contributed by atoms with Gasteiger partial charge in [0.1, 0.15) is 0 Å². The molecule has 1 N–H and O–H groups in total. The maximum absolute atomic E-state index is 13.1. The zero-order valence-electron chi connectivity index (χ0n) is 17.3. The highest BCUT2D eigenvalue weighted by atomic mass is 32.2. The summed E-state index contributed by atoms with van der Waals surface area (Å²) in [6, 6.07) is 12.0. The van der Waals surface area contributed by atoms with Gasteiger partial charge in [-0.3, -0.25) is 14.5 Å². The molecule has 0 bridgehead atoms. The number of ether oxygens (including phenoxy) is 1. The van der Waals surface area contributed by atoms with Crippen molar-refractivity contribution >= 4 is 34.9 Å². The molecule has 1 saturated heterocycles. The minimum absolute atomic E-state index is 0.0289. The van der Waals surface area contributed by atoms with Gasteiger partial charge in [-0.05, 0) is 30.0 Å². The molecule has 0 radical (unpaired) electrons. The fourth-order valence-corrected chi connectivity index (χ4v) is 5.11. The van der Waals surface area contributed by atoms with E-state index in [0.717, 1.165) is 22.6 Å². The SMILES string of the molecule is COCCCNC(=O)CN1CCN(C(=O)c2ccccc2SCc2cccs2)CC1. The number of rotatable bonds is 10. The van der Waals surface area contributed by atoms with Gasteiger partial charge < -0.3 is 15.0 Å². The van der Waals surface area contributed by atoms with Crippen LogP contribution in [0.4, 0.5) is 0 Å². The first-order valence-electron chi connectivity index (χ1n) is 10.2. The first-order valence-corrected chi connectivity index (χ1v) is 12.1. The Balaban J connectivity index is 1.47. The van der Waals surface area contributed by atoms with E-state index in [2.05, 4.69) is 27.7 Å². The van der Waals surface area contributed by atoms with E-state index in [1.54, 1.807) is 30.2 Å². The highest BCUT2D eigenvalue weighted by molar-refractivity contribution is 7.98. The Bertz CT molecular complexity index is 806. The van der Waals surface area contributed by atoms with E-state index >= 15 is 0 Å². The summed E-state index contributed by atoms with van der Waals surface area (Å²) in [5.41, 5.74) is 0.767. The minimum Gasteiger partial charge on any atom is -0.385 e. The zero-order valence-corrected chi connectivity index (χ0v) is 19.0. The molecule has 1 aliphatic rings. The van der Waals surface area contributed by atoms with Crippen molar-refractivity contribution in [3.63, 3.8) is 0 Å². The number of carbonyl (C=O) groups is 2. The average molecular weight is 448 g/mol. The van der Waals surface area contributed by atoms with Crippen LogP contribution in [0.2, 0.25) is 0 Å². The van der Waals surface area contributed by atoms with Crippen LogP contribution >= 0.6 is 23.1 Å². The zero-order chi connectivity index (χ0) is 21.2. The summed E-state index contributed by atoms with van der Waals surface area (Å²) >= 11 is 3.44. The second kappa shape index (κ2) is 12.1. The van der Waals surface area contributed by atoms with Crippen molar-refractivity contribution in [2.75, 3.05) is 53.0 Å². The van der Waals surface area contributed by atoms with Crippen molar-refractivity contribution in [2.45, 2.75) is 17.1 Å². The van der Waals surface area contributed by atoms with Crippen LogP contribution in [0.25, 0.3) is 0 Å². The molecule has 162 valence electrons. The highest BCUT2D eigenvalue weighted by Crippen LogP contribution is 2.28. The molecule has 6 nitrogen and oxygen atoms in total. The van der Waals surface area contributed by atoms with Crippen LogP contribution in [0.1, 0.15) is 21.7 Å². The van der Waals surface area contributed by atoms with E-state index in [9.17, 15) is 9.59 Å². The predicted octanol–water partition coefficient (Wildman–Crippen LogP) is 2.95. The number of piperazine rings is 1. The second-order valence-electron chi connectivity index (χ2n) is 7.13. The normalized spacial score (nSPS) is 14.6. The summed E-state index contributed by atoms with van der Waals surface area (Å²) in [7, 11) is 1.66. The summed E-state index contributed by atoms with van der Waals surface area (Å²) in [5.74, 6) is 0.976. The van der Waals surface area contributed by atoms with Crippen molar-refractivity contribution in [1.82, 2.24) is 15.1 Å². The van der Waals surface area contributed by atoms with Crippen molar-refractivity contribution in [2.24, 2.45) is 0 Å². The van der Waals surface area contributed by atoms with Gasteiger partial charge in [-0.15, -0.1) is 23.1 Å². The fraction of sp³-hybridized carbons (Fsp3) is 0.455. The summed E-state index contributed by atoms with van der Waals surface area (Å²) in [4.78, 5) is 31.5. The molecule has 8 heteroatoms. The Morgan fingerprint density at radius 2 is 1.93 bits per heavy atom. The van der Waals surface area contributed by atoms with Gasteiger partial charge in [0, 0.05) is 62.0 Å². The molecular weight excluding hydrogens is 418 g/mol. The summed E-state index contributed by atoms with van der Waals surface area (Å²) in [6.45, 7) is 4.35. The summed E-state index contributed by atoms with van der Waals surface area (Å²) < 4.78 is 4.99. The van der Waals surface area contributed by atoms with Gasteiger partial charge in [-0.25, -0.2) is 0 Å². The third kappa shape index (κ3) is 6.84. The number of carbonyl (C=O) groups excluding carboxylic acids is 2. The number of methoxy groups -OCH3 is 1. The molecule has 2 amide bonds. The molecule has 1 aromatic carbocycles. The number of amides is 2. The Labute approximate surface area is 186 Å². The van der Waals surface area contributed by atoms with Gasteiger partial charge >= 0.3 is 0 Å². The van der Waals surface area contributed by atoms with E-state index in [-0.39, 0.29) is 11.8 Å². The van der Waals surface area contributed by atoms with Crippen LogP contribution in [0.15, 0.2) is 46.7 Å². The lowest BCUT2D eigenvalue weighted by Crippen LogP contribution is -2.51. The van der Waals surface area contributed by atoms with Crippen molar-refractivity contribution < 1.29 is 14.3 Å². The highest BCUT2D eigenvalue weighted by Gasteiger charge is 2.24. The van der Waals surface area contributed by atoms with Crippen LogP contribution < -0.4 is 5.32 Å². The first kappa shape index (κ1) is 22.8. The van der Waals surface area contributed by atoms with E-state index in [1.807, 2.05) is 29.2 Å². The molecule has 3 rings (SSSR count). The maximum atomic E-state index is 13.1. The van der Waals surface area contributed by atoms with E-state index in [4.69, 9.17) is 4.74 Å². The van der Waals surface area contributed by atoms with Gasteiger partial charge in [0.05, 0.1) is 12.1 Å². The Hall–Kier alpha value is -1.87. The number of thioether (sulfide) groups is 1. The lowest BCUT2D eigenvalue weighted by atomic mass is 10.2. The molecule has 1 aromatic heterocycles. The second-order valence-corrected chi connectivity index (χ2v) is 9.18. The lowest BCUT2D eigenvalue weighted by Gasteiger charge is -2.34. The predicted molar refractivity (Wildman–Crippen MR) is 122 cm³/mol. The van der Waals surface area contributed by atoms with Crippen molar-refractivity contribution in [3.8, 4) is 0 Å². The Morgan fingerprint density at radius 3 is 2.67 bits per heavy atom. The molecule has 30 heavy (non-hydrogen) atoms. The number of hydrogen-bond donors (Lipinski definition) is 1. The van der Waals surface area contributed by atoms with Crippen molar-refractivity contribution in [3.05, 3.63) is 52.2 Å². The first-order chi connectivity index (χ1) is 14.7. The third-order valence-corrected chi connectivity index (χ3v) is 7.12. The van der Waals surface area contributed by atoms with Crippen LogP contribution in [0, 0.1) is 0 Å². The molecular formula is C22H29N3O3S2. The molecule has 0 spiro atoms. The summed E-state index contributed by atoms with van der Waals surface area (Å²) in [6.07, 6.45) is 0.814. The van der Waals surface area contributed by atoms with Gasteiger partial charge in [0.15, 0.2) is 0 Å². The monoisotopic (exact) mass is 447 g/mol. The molecule has 0 aliphatic carbocycles. The van der Waals surface area contributed by atoms with E-state index in [0.29, 0.717) is 45.9 Å². The average Bonchev–Trinajstić information content (AvgIpc) is 3.29. The topological polar surface area (TPSA) is 61.9 Å². The molecule has 0 unspecified atom stereocenters. The number of thiophene rings is 1. The smallest absolute Gasteiger partial charge is 0.255 e. The number of nitrogens with one attached hydrogen (secondary N) is 1. The largest absolute Gasteiger partial charge is 0.385 e. The number of benzene rings is 1. The van der Waals surface area contributed by atoms with Gasteiger partial charge in [-0.2, -0.15) is 0 Å². The molecule has 0 saturated carbocycles. The van der Waals surface area contributed by atoms with Gasteiger partial charge in [0.25, 0.3) is 5.91 Å². The van der Waals surface area contributed by atoms with Crippen LogP contribution in [-0.4, -0.2) is 74.6 Å². The maximum Gasteiger partial charge on any atom is 0.255 e. The third-order valence-electron chi connectivity index (χ3n) is 4.94. The fourth-order valence-electron chi connectivity index (χ4n) is 3.30. The van der Waals surface area contributed by atoms with Crippen molar-refractivity contribution in [1.29, 1.82) is 0 Å². The van der Waals surface area contributed by atoms with Crippen LogP contribution in [-0.2, 0) is 15.3 Å². The molecule has 1 aliphatic heterocycles. The number of hydrogen-bond acceptors (Lipinski definition) is 6. The minimum atomic E-state index is 0.0289. The quantitative estimate of drug-likeness (QED) is 0.448. The van der Waals surface area contributed by atoms with E-state index in [1.165, 1.54) is 4.88 Å². The Kier molecular flexibility index (Phi) is 9.20. The standard InChI is InChI=1S/C22H29N3O3S2/c1-28-14-5-9-23-21(26)16-24-10-12-25(13-11-24)22(27)19-7-2-3-8-20(19)30-17-18-6-4-15-29-18/h2-4,6-8,15H,5,9-14,16-17H2,1H3,(H,23,26). The molecule has 2 heterocycles. The molecule has 0 atom stereocenters. The van der Waals surface area contributed by atoms with Crippen LogP contribution in [0.3, 0.4) is 0 Å². The van der Waals surface area contributed by atoms with Crippen LogP contribution in [0.5, 0.6) is 0 Å². The Morgan fingerprint density at radius 1 is 1.13 bits per heavy atom. The van der Waals surface area contributed by atoms with E-state index < -0.39 is 0 Å². The molecule has 1 fully saturated rings. The lowest BCUT2D eigenvalue weighted by molar-refractivity contribution is -0.122. The number of nitrogens with zero attached hydrogens (tertiary/aromatic N) is 2. The molecule has 2 aromatic rings. The summed E-state index contributed by atoms with van der Waals surface area (Å²) in [5, 5.41) is 4.99. The van der Waals surface area contributed by atoms with Gasteiger partial charge in [0.2, 0.25) is 5.91 Å².